The molecule has 0 unspecified atom stereocenters. The van der Waals surface area contributed by atoms with E-state index in [0.29, 0.717) is 45.2 Å². The minimum absolute atomic E-state index is 0.175. The van der Waals surface area contributed by atoms with Gasteiger partial charge in [-0.25, -0.2) is 9.79 Å². The Morgan fingerprint density at radius 3 is 2.22 bits per heavy atom. The summed E-state index contributed by atoms with van der Waals surface area (Å²) in [6, 6.07) is 10.2. The van der Waals surface area contributed by atoms with Crippen LogP contribution in [0.15, 0.2) is 46.3 Å². The number of carbonyl (C=O) groups excluding carboxylic acids is 2. The molecule has 0 bridgehead atoms. The standard InChI is InChI=1S/C23H24N2O6S/c1-6-31-22(27)15-7-9-16(10-8-15)24-23-25(2)21(26)19(32-23)13-14-11-17(28-3)20(30-5)18(12-14)29-4/h7-13H,6H2,1-5H3/b19-13+,24-23?. The zero-order valence-corrected chi connectivity index (χ0v) is 19.3. The number of hydrogen-bond acceptors (Lipinski definition) is 8. The number of ether oxygens (including phenoxy) is 4. The van der Waals surface area contributed by atoms with Crippen LogP contribution in [-0.2, 0) is 9.53 Å². The fourth-order valence-electron chi connectivity index (χ4n) is 2.98. The monoisotopic (exact) mass is 456 g/mol. The summed E-state index contributed by atoms with van der Waals surface area (Å²) >= 11 is 1.26. The minimum Gasteiger partial charge on any atom is -0.493 e. The number of likely N-dealkylation sites (N-methyl/N-ethyl adjacent to an activating group) is 1. The van der Waals surface area contributed by atoms with Gasteiger partial charge >= 0.3 is 5.97 Å². The molecule has 0 aliphatic carbocycles. The van der Waals surface area contributed by atoms with E-state index in [1.54, 1.807) is 56.4 Å². The lowest BCUT2D eigenvalue weighted by Crippen LogP contribution is -2.23. The molecule has 8 nitrogen and oxygen atoms in total. The molecule has 1 fully saturated rings. The molecule has 1 aliphatic heterocycles. The Morgan fingerprint density at radius 2 is 1.69 bits per heavy atom. The third kappa shape index (κ3) is 4.88. The molecule has 0 atom stereocenters. The second kappa shape index (κ2) is 10.2. The first-order chi connectivity index (χ1) is 15.4. The third-order valence-corrected chi connectivity index (χ3v) is 5.65. The SMILES string of the molecule is CCOC(=O)c1ccc(N=C2S/C(=C/c3cc(OC)c(OC)c(OC)c3)C(=O)N2C)cc1. The summed E-state index contributed by atoms with van der Waals surface area (Å²) < 4.78 is 21.1. The zero-order chi connectivity index (χ0) is 23.3. The van der Waals surface area contributed by atoms with Gasteiger partial charge in [0.05, 0.1) is 44.1 Å². The van der Waals surface area contributed by atoms with E-state index in [0.717, 1.165) is 5.56 Å². The lowest BCUT2D eigenvalue weighted by Gasteiger charge is -2.13. The summed E-state index contributed by atoms with van der Waals surface area (Å²) in [5, 5.41) is 0.526. The summed E-state index contributed by atoms with van der Waals surface area (Å²) in [6.45, 7) is 2.07. The van der Waals surface area contributed by atoms with Crippen LogP contribution < -0.4 is 14.2 Å². The predicted molar refractivity (Wildman–Crippen MR) is 124 cm³/mol. The van der Waals surface area contributed by atoms with E-state index in [4.69, 9.17) is 18.9 Å². The van der Waals surface area contributed by atoms with Crippen LogP contribution >= 0.6 is 11.8 Å². The molecule has 9 heteroatoms. The smallest absolute Gasteiger partial charge is 0.338 e. The highest BCUT2D eigenvalue weighted by Crippen LogP contribution is 2.40. The lowest BCUT2D eigenvalue weighted by molar-refractivity contribution is -0.121. The number of benzene rings is 2. The number of rotatable bonds is 7. The van der Waals surface area contributed by atoms with Crippen LogP contribution in [-0.4, -0.2) is 56.9 Å². The van der Waals surface area contributed by atoms with Crippen molar-refractivity contribution in [3.8, 4) is 17.2 Å². The van der Waals surface area contributed by atoms with Gasteiger partial charge < -0.3 is 18.9 Å². The highest BCUT2D eigenvalue weighted by atomic mass is 32.2. The Kier molecular flexibility index (Phi) is 7.42. The van der Waals surface area contributed by atoms with Gasteiger partial charge in [-0.05, 0) is 66.7 Å². The van der Waals surface area contributed by atoms with Crippen molar-refractivity contribution >= 4 is 40.6 Å². The molecule has 1 amide bonds. The first-order valence-electron chi connectivity index (χ1n) is 9.75. The number of nitrogens with zero attached hydrogens (tertiary/aromatic N) is 2. The van der Waals surface area contributed by atoms with Crippen LogP contribution in [0.3, 0.4) is 0 Å². The number of amidine groups is 1. The number of thioether (sulfide) groups is 1. The summed E-state index contributed by atoms with van der Waals surface area (Å²) in [6.07, 6.45) is 1.75. The second-order valence-electron chi connectivity index (χ2n) is 6.60. The van der Waals surface area contributed by atoms with Gasteiger partial charge in [0.15, 0.2) is 16.7 Å². The molecule has 1 heterocycles. The maximum Gasteiger partial charge on any atom is 0.338 e. The van der Waals surface area contributed by atoms with Gasteiger partial charge in [-0.15, -0.1) is 0 Å². The largest absolute Gasteiger partial charge is 0.493 e. The summed E-state index contributed by atoms with van der Waals surface area (Å²) in [5.41, 5.74) is 1.79. The van der Waals surface area contributed by atoms with E-state index in [2.05, 4.69) is 4.99 Å². The quantitative estimate of drug-likeness (QED) is 0.457. The van der Waals surface area contributed by atoms with Crippen LogP contribution in [0.25, 0.3) is 6.08 Å². The van der Waals surface area contributed by atoms with Crippen molar-refractivity contribution in [3.05, 3.63) is 52.4 Å². The van der Waals surface area contributed by atoms with Gasteiger partial charge in [-0.2, -0.15) is 0 Å². The molecule has 1 saturated heterocycles. The van der Waals surface area contributed by atoms with Crippen molar-refractivity contribution in [3.63, 3.8) is 0 Å². The molecule has 32 heavy (non-hydrogen) atoms. The third-order valence-electron chi connectivity index (χ3n) is 4.59. The first-order valence-corrected chi connectivity index (χ1v) is 10.6. The highest BCUT2D eigenvalue weighted by molar-refractivity contribution is 8.18. The molecule has 3 rings (SSSR count). The Morgan fingerprint density at radius 1 is 1.06 bits per heavy atom. The van der Waals surface area contributed by atoms with Crippen LogP contribution in [0.4, 0.5) is 5.69 Å². The first kappa shape index (κ1) is 23.2. The summed E-state index contributed by atoms with van der Waals surface area (Å²) in [7, 11) is 6.27. The van der Waals surface area contributed by atoms with Crippen LogP contribution in [0.1, 0.15) is 22.8 Å². The number of carbonyl (C=O) groups is 2. The van der Waals surface area contributed by atoms with E-state index >= 15 is 0 Å². The fraction of sp³-hybridized carbons (Fsp3) is 0.261. The van der Waals surface area contributed by atoms with Crippen LogP contribution in [0.2, 0.25) is 0 Å². The maximum absolute atomic E-state index is 12.8. The minimum atomic E-state index is -0.384. The fourth-order valence-corrected chi connectivity index (χ4v) is 3.97. The molecular formula is C23H24N2O6S. The maximum atomic E-state index is 12.8. The van der Waals surface area contributed by atoms with Gasteiger partial charge in [0, 0.05) is 7.05 Å². The van der Waals surface area contributed by atoms with E-state index in [9.17, 15) is 9.59 Å². The van der Waals surface area contributed by atoms with Crippen molar-refractivity contribution in [2.45, 2.75) is 6.92 Å². The van der Waals surface area contributed by atoms with Gasteiger partial charge in [-0.3, -0.25) is 9.69 Å². The van der Waals surface area contributed by atoms with Gasteiger partial charge in [0.1, 0.15) is 0 Å². The van der Waals surface area contributed by atoms with Crippen molar-refractivity contribution in [1.29, 1.82) is 0 Å². The Balaban J connectivity index is 1.87. The summed E-state index contributed by atoms with van der Waals surface area (Å²) in [4.78, 5) is 31.1. The predicted octanol–water partition coefficient (Wildman–Crippen LogP) is 4.12. The van der Waals surface area contributed by atoms with E-state index in [1.165, 1.54) is 38.0 Å². The number of aliphatic imine (C=N–C) groups is 1. The molecule has 0 aromatic heterocycles. The Labute approximate surface area is 190 Å². The molecule has 0 radical (unpaired) electrons. The van der Waals surface area contributed by atoms with Crippen molar-refractivity contribution < 1.29 is 28.5 Å². The molecular weight excluding hydrogens is 432 g/mol. The van der Waals surface area contributed by atoms with Gasteiger partial charge in [0.2, 0.25) is 5.75 Å². The lowest BCUT2D eigenvalue weighted by atomic mass is 10.1. The van der Waals surface area contributed by atoms with E-state index < -0.39 is 0 Å². The van der Waals surface area contributed by atoms with Crippen molar-refractivity contribution in [2.75, 3.05) is 35.0 Å². The number of methoxy groups -OCH3 is 3. The van der Waals surface area contributed by atoms with E-state index in [-0.39, 0.29) is 11.9 Å². The summed E-state index contributed by atoms with van der Waals surface area (Å²) in [5.74, 6) is 0.916. The van der Waals surface area contributed by atoms with Crippen LogP contribution in [0.5, 0.6) is 17.2 Å². The van der Waals surface area contributed by atoms with Gasteiger partial charge in [0.25, 0.3) is 5.91 Å². The number of esters is 1. The molecule has 168 valence electrons. The number of hydrogen-bond donors (Lipinski definition) is 0. The number of amides is 1. The highest BCUT2D eigenvalue weighted by Gasteiger charge is 2.30. The van der Waals surface area contributed by atoms with Crippen molar-refractivity contribution in [1.82, 2.24) is 4.90 Å². The molecule has 2 aromatic rings. The van der Waals surface area contributed by atoms with E-state index in [1.807, 2.05) is 0 Å². The average molecular weight is 457 g/mol. The Hall–Kier alpha value is -3.46. The zero-order valence-electron chi connectivity index (χ0n) is 18.5. The normalized spacial score (nSPS) is 15.9. The molecule has 1 aliphatic rings. The molecule has 0 saturated carbocycles. The molecule has 0 N–H and O–H groups in total. The molecule has 0 spiro atoms. The topological polar surface area (TPSA) is 86.7 Å². The van der Waals surface area contributed by atoms with Crippen LogP contribution in [0, 0.1) is 0 Å². The van der Waals surface area contributed by atoms with Gasteiger partial charge in [-0.1, -0.05) is 0 Å². The second-order valence-corrected chi connectivity index (χ2v) is 7.60. The molecule has 2 aromatic carbocycles. The average Bonchev–Trinajstić information content (AvgIpc) is 3.06. The Bertz CT molecular complexity index is 1050. The van der Waals surface area contributed by atoms with Crippen molar-refractivity contribution in [2.24, 2.45) is 4.99 Å².